The second-order valence-electron chi connectivity index (χ2n) is 11.3. The molecule has 6 aromatic rings. The third-order valence-corrected chi connectivity index (χ3v) is 8.51. The van der Waals surface area contributed by atoms with E-state index in [-0.39, 0.29) is 40.2 Å². The standard InChI is InChI=1S/C39H36O14/c1-40-19-10-20(41-2)13-23(12-19)49-33-27(45-6)16-25(44-5)31-32-26(51-38(31)33)17-30-36(37(32)48-9)53-39-34(28(46-7)18-29(47-8)35(39)52-30)50-24-14-21(42-3)11-22(15-24)43-4/h10-18H,1-9H3. The fourth-order valence-corrected chi connectivity index (χ4v) is 6.02. The highest BCUT2D eigenvalue weighted by Crippen LogP contribution is 2.62. The van der Waals surface area contributed by atoms with Crippen molar-refractivity contribution in [1.29, 1.82) is 0 Å². The highest BCUT2D eigenvalue weighted by Gasteiger charge is 2.36. The molecule has 0 radical (unpaired) electrons. The lowest BCUT2D eigenvalue weighted by molar-refractivity contribution is 0.292. The summed E-state index contributed by atoms with van der Waals surface area (Å²) in [5.74, 6) is 5.82. The van der Waals surface area contributed by atoms with E-state index in [2.05, 4.69) is 0 Å². The molecule has 0 amide bonds. The summed E-state index contributed by atoms with van der Waals surface area (Å²) in [4.78, 5) is 0. The van der Waals surface area contributed by atoms with Gasteiger partial charge in [0.05, 0.1) is 74.8 Å². The maximum Gasteiger partial charge on any atom is 0.220 e. The molecule has 0 fully saturated rings. The summed E-state index contributed by atoms with van der Waals surface area (Å²) in [7, 11) is 13.8. The molecular weight excluding hydrogens is 692 g/mol. The summed E-state index contributed by atoms with van der Waals surface area (Å²) in [5, 5.41) is 1.03. The molecule has 1 aliphatic rings. The molecule has 14 nitrogen and oxygen atoms in total. The van der Waals surface area contributed by atoms with Crippen LogP contribution in [0.25, 0.3) is 21.9 Å². The van der Waals surface area contributed by atoms with Crippen LogP contribution in [0.2, 0.25) is 0 Å². The van der Waals surface area contributed by atoms with Gasteiger partial charge in [-0.2, -0.15) is 0 Å². The third-order valence-electron chi connectivity index (χ3n) is 8.51. The van der Waals surface area contributed by atoms with Crippen molar-refractivity contribution in [2.24, 2.45) is 0 Å². The smallest absolute Gasteiger partial charge is 0.220 e. The molecule has 0 aliphatic carbocycles. The van der Waals surface area contributed by atoms with Crippen LogP contribution in [0.4, 0.5) is 0 Å². The Morgan fingerprint density at radius 2 is 0.849 bits per heavy atom. The molecule has 0 unspecified atom stereocenters. The third kappa shape index (κ3) is 5.97. The number of hydrogen-bond acceptors (Lipinski definition) is 14. The van der Waals surface area contributed by atoms with Crippen LogP contribution in [0.1, 0.15) is 0 Å². The molecule has 0 atom stereocenters. The average Bonchev–Trinajstić information content (AvgIpc) is 3.58. The number of furan rings is 1. The predicted molar refractivity (Wildman–Crippen MR) is 192 cm³/mol. The van der Waals surface area contributed by atoms with Crippen LogP contribution in [-0.4, -0.2) is 64.0 Å². The second kappa shape index (κ2) is 14.1. The first-order chi connectivity index (χ1) is 25.8. The van der Waals surface area contributed by atoms with Crippen molar-refractivity contribution in [2.75, 3.05) is 64.0 Å². The maximum atomic E-state index is 6.66. The molecule has 1 aromatic heterocycles. The number of methoxy groups -OCH3 is 9. The van der Waals surface area contributed by atoms with Gasteiger partial charge in [-0.25, -0.2) is 0 Å². The quantitative estimate of drug-likeness (QED) is 0.112. The maximum absolute atomic E-state index is 6.66. The van der Waals surface area contributed by atoms with Gasteiger partial charge in [0.1, 0.15) is 45.8 Å². The first kappa shape index (κ1) is 34.7. The summed E-state index contributed by atoms with van der Waals surface area (Å²) in [6.45, 7) is 0. The van der Waals surface area contributed by atoms with Gasteiger partial charge in [-0.1, -0.05) is 0 Å². The molecule has 5 aromatic carbocycles. The van der Waals surface area contributed by atoms with Gasteiger partial charge in [0.15, 0.2) is 34.3 Å². The van der Waals surface area contributed by atoms with Crippen LogP contribution in [0.5, 0.6) is 97.7 Å². The molecule has 7 rings (SSSR count). The Hall–Kier alpha value is -6.70. The zero-order chi connectivity index (χ0) is 37.4. The minimum atomic E-state index is 0.158. The van der Waals surface area contributed by atoms with Gasteiger partial charge < -0.3 is 66.0 Å². The zero-order valence-electron chi connectivity index (χ0n) is 30.4. The van der Waals surface area contributed by atoms with E-state index in [1.54, 1.807) is 83.0 Å². The van der Waals surface area contributed by atoms with E-state index < -0.39 is 0 Å². The Bertz CT molecular complexity index is 2300. The molecule has 0 saturated heterocycles. The lowest BCUT2D eigenvalue weighted by Crippen LogP contribution is -2.06. The number of ether oxygens (including phenoxy) is 13. The minimum absolute atomic E-state index is 0.158. The molecule has 1 aliphatic heterocycles. The second-order valence-corrected chi connectivity index (χ2v) is 11.3. The molecule has 2 heterocycles. The topological polar surface area (TPSA) is 133 Å². The largest absolute Gasteiger partial charge is 0.496 e. The summed E-state index contributed by atoms with van der Waals surface area (Å²) in [6.07, 6.45) is 0. The van der Waals surface area contributed by atoms with Crippen LogP contribution >= 0.6 is 0 Å². The molecule has 0 bridgehead atoms. The zero-order valence-corrected chi connectivity index (χ0v) is 30.4. The monoisotopic (exact) mass is 728 g/mol. The van der Waals surface area contributed by atoms with Gasteiger partial charge in [0.25, 0.3) is 0 Å². The summed E-state index contributed by atoms with van der Waals surface area (Å²) < 4.78 is 83.4. The van der Waals surface area contributed by atoms with Crippen molar-refractivity contribution >= 4 is 21.9 Å². The minimum Gasteiger partial charge on any atom is -0.496 e. The van der Waals surface area contributed by atoms with Gasteiger partial charge in [-0.05, 0) is 0 Å². The predicted octanol–water partition coefficient (Wildman–Crippen LogP) is 9.15. The summed E-state index contributed by atoms with van der Waals surface area (Å²) >= 11 is 0. The van der Waals surface area contributed by atoms with Gasteiger partial charge >= 0.3 is 0 Å². The van der Waals surface area contributed by atoms with Crippen LogP contribution < -0.4 is 61.6 Å². The van der Waals surface area contributed by atoms with E-state index in [4.69, 9.17) is 66.0 Å². The van der Waals surface area contributed by atoms with Crippen molar-refractivity contribution in [3.63, 3.8) is 0 Å². The van der Waals surface area contributed by atoms with Crippen molar-refractivity contribution in [3.8, 4) is 97.7 Å². The summed E-state index contributed by atoms with van der Waals surface area (Å²) in [5.41, 5.74) is 0.668. The van der Waals surface area contributed by atoms with E-state index in [0.717, 1.165) is 0 Å². The number of hydrogen-bond donors (Lipinski definition) is 0. The Labute approximate surface area is 304 Å². The van der Waals surface area contributed by atoms with E-state index in [1.165, 1.54) is 35.5 Å². The molecule has 0 saturated carbocycles. The SMILES string of the molecule is COc1cc(OC)cc(Oc2c(OC)cc(OC)c3c2Oc2c(cc4oc5c(Oc6cc(OC)cc(OC)c6)c(OC)cc(OC)c5c4c2OC)O3)c1. The first-order valence-corrected chi connectivity index (χ1v) is 16.0. The van der Waals surface area contributed by atoms with Gasteiger partial charge in [0, 0.05) is 54.6 Å². The fraction of sp³-hybridized carbons (Fsp3) is 0.231. The molecule has 0 spiro atoms. The van der Waals surface area contributed by atoms with E-state index in [0.29, 0.717) is 79.4 Å². The van der Waals surface area contributed by atoms with E-state index >= 15 is 0 Å². The highest BCUT2D eigenvalue weighted by atomic mass is 16.6. The normalized spacial score (nSPS) is 11.4. The average molecular weight is 729 g/mol. The number of rotatable bonds is 13. The lowest BCUT2D eigenvalue weighted by atomic mass is 10.1. The number of fused-ring (bicyclic) bond motifs is 5. The Balaban J connectivity index is 1.43. The Kier molecular flexibility index (Phi) is 9.27. The van der Waals surface area contributed by atoms with Crippen LogP contribution in [0, 0.1) is 0 Å². The van der Waals surface area contributed by atoms with Crippen molar-refractivity contribution in [1.82, 2.24) is 0 Å². The van der Waals surface area contributed by atoms with Crippen molar-refractivity contribution in [2.45, 2.75) is 0 Å². The van der Waals surface area contributed by atoms with Crippen molar-refractivity contribution in [3.05, 3.63) is 54.6 Å². The first-order valence-electron chi connectivity index (χ1n) is 16.0. The van der Waals surface area contributed by atoms with Crippen LogP contribution in [-0.2, 0) is 0 Å². The van der Waals surface area contributed by atoms with Crippen molar-refractivity contribution < 1.29 is 66.0 Å². The Morgan fingerprint density at radius 1 is 0.358 bits per heavy atom. The molecular formula is C39H36O14. The molecule has 276 valence electrons. The fourth-order valence-electron chi connectivity index (χ4n) is 6.02. The summed E-state index contributed by atoms with van der Waals surface area (Å²) in [6, 6.07) is 15.3. The number of benzene rings is 5. The van der Waals surface area contributed by atoms with Gasteiger partial charge in [0.2, 0.25) is 28.7 Å². The molecule has 0 N–H and O–H groups in total. The van der Waals surface area contributed by atoms with E-state index in [9.17, 15) is 0 Å². The van der Waals surface area contributed by atoms with Crippen LogP contribution in [0.15, 0.2) is 59.0 Å². The van der Waals surface area contributed by atoms with E-state index in [1.807, 2.05) is 0 Å². The molecule has 14 heteroatoms. The van der Waals surface area contributed by atoms with Crippen LogP contribution in [0.3, 0.4) is 0 Å². The Morgan fingerprint density at radius 3 is 1.36 bits per heavy atom. The lowest BCUT2D eigenvalue weighted by Gasteiger charge is -2.26. The van der Waals surface area contributed by atoms with Gasteiger partial charge in [-0.15, -0.1) is 0 Å². The molecule has 53 heavy (non-hydrogen) atoms. The van der Waals surface area contributed by atoms with Gasteiger partial charge in [-0.3, -0.25) is 0 Å². The highest BCUT2D eigenvalue weighted by molar-refractivity contribution is 6.15.